The summed E-state index contributed by atoms with van der Waals surface area (Å²) in [6.07, 6.45) is 3.89. The molecule has 0 unspecified atom stereocenters. The number of likely N-dealkylation sites (tertiary alicyclic amines) is 1. The Balaban J connectivity index is 1.59. The number of rotatable bonds is 6. The molecule has 1 aliphatic carbocycles. The second kappa shape index (κ2) is 8.95. The minimum atomic E-state index is -0.631. The highest BCUT2D eigenvalue weighted by Crippen LogP contribution is 2.41. The predicted molar refractivity (Wildman–Crippen MR) is 128 cm³/mol. The number of amides is 1. The van der Waals surface area contributed by atoms with E-state index in [2.05, 4.69) is 10.2 Å². The lowest BCUT2D eigenvalue weighted by Gasteiger charge is -2.25. The average Bonchev–Trinajstić information content (AvgIpc) is 3.56. The lowest BCUT2D eigenvalue weighted by Crippen LogP contribution is -2.37. The van der Waals surface area contributed by atoms with Crippen LogP contribution in [-0.4, -0.2) is 35.0 Å². The highest BCUT2D eigenvalue weighted by molar-refractivity contribution is 6.08. The van der Waals surface area contributed by atoms with E-state index < -0.39 is 11.4 Å². The van der Waals surface area contributed by atoms with Gasteiger partial charge >= 0.3 is 0 Å². The fraction of sp³-hybridized carbons (Fsp3) is 0.407. The van der Waals surface area contributed by atoms with E-state index in [4.69, 9.17) is 0 Å². The molecule has 3 aromatic rings. The van der Waals surface area contributed by atoms with Crippen LogP contribution < -0.4 is 10.9 Å². The van der Waals surface area contributed by atoms with Crippen LogP contribution in [0, 0.1) is 24.5 Å². The minimum absolute atomic E-state index is 0.0624. The van der Waals surface area contributed by atoms with Crippen molar-refractivity contribution in [1.82, 2.24) is 14.8 Å². The number of hydrogen-bond acceptors (Lipinski definition) is 3. The van der Waals surface area contributed by atoms with Crippen molar-refractivity contribution in [3.05, 3.63) is 81.3 Å². The van der Waals surface area contributed by atoms with Crippen molar-refractivity contribution in [2.75, 3.05) is 13.6 Å². The van der Waals surface area contributed by atoms with Gasteiger partial charge in [-0.15, -0.1) is 0 Å². The highest BCUT2D eigenvalue weighted by Gasteiger charge is 2.35. The van der Waals surface area contributed by atoms with Crippen molar-refractivity contribution < 1.29 is 13.6 Å². The summed E-state index contributed by atoms with van der Waals surface area (Å²) in [6, 6.07) is 10.5. The molecule has 2 fully saturated rings. The summed E-state index contributed by atoms with van der Waals surface area (Å²) in [5, 5.41) is 3.33. The van der Waals surface area contributed by atoms with Gasteiger partial charge in [0, 0.05) is 23.7 Å². The van der Waals surface area contributed by atoms with Crippen LogP contribution in [0.25, 0.3) is 10.8 Å². The van der Waals surface area contributed by atoms with Crippen LogP contribution in [0.2, 0.25) is 0 Å². The molecule has 0 bridgehead atoms. The minimum Gasteiger partial charge on any atom is -0.345 e. The summed E-state index contributed by atoms with van der Waals surface area (Å²) in [7, 11) is 2.02. The van der Waals surface area contributed by atoms with E-state index >= 15 is 0 Å². The Kier molecular flexibility index (Phi) is 5.98. The summed E-state index contributed by atoms with van der Waals surface area (Å²) >= 11 is 0. The first kappa shape index (κ1) is 22.7. The summed E-state index contributed by atoms with van der Waals surface area (Å²) in [5.74, 6) is -1.13. The molecule has 1 saturated carbocycles. The Hall–Kier alpha value is -3.06. The van der Waals surface area contributed by atoms with E-state index in [9.17, 15) is 18.4 Å². The molecule has 2 aromatic carbocycles. The molecule has 1 saturated heterocycles. The van der Waals surface area contributed by atoms with Gasteiger partial charge < -0.3 is 14.8 Å². The Bertz CT molecular complexity index is 1320. The van der Waals surface area contributed by atoms with Crippen LogP contribution in [0.1, 0.15) is 53.3 Å². The summed E-state index contributed by atoms with van der Waals surface area (Å²) in [5.41, 5.74) is 1.13. The molecular weight excluding hydrogens is 436 g/mol. The highest BCUT2D eigenvalue weighted by atomic mass is 19.1. The topological polar surface area (TPSA) is 54.3 Å². The lowest BCUT2D eigenvalue weighted by molar-refractivity contribution is 0.0931. The zero-order valence-electron chi connectivity index (χ0n) is 19.5. The van der Waals surface area contributed by atoms with Crippen molar-refractivity contribution in [2.45, 2.75) is 51.2 Å². The number of carbonyl (C=O) groups is 1. The van der Waals surface area contributed by atoms with Gasteiger partial charge in [-0.3, -0.25) is 9.59 Å². The summed E-state index contributed by atoms with van der Waals surface area (Å²) in [4.78, 5) is 29.3. The van der Waals surface area contributed by atoms with Crippen LogP contribution in [-0.2, 0) is 6.54 Å². The third-order valence-electron chi connectivity index (χ3n) is 7.39. The SMILES string of the molecule is Cc1c(C(=O)N[C@H](c2cccc(F)c2)C2CC2)c2cccc(F)c2c(=O)n1C[C@H]1CCCN1C. The molecule has 5 rings (SSSR count). The third kappa shape index (κ3) is 4.13. The number of hydrogen-bond donors (Lipinski definition) is 1. The predicted octanol–water partition coefficient (Wildman–Crippen LogP) is 4.56. The molecule has 0 radical (unpaired) electrons. The van der Waals surface area contributed by atoms with Crippen LogP contribution in [0.3, 0.4) is 0 Å². The number of nitrogens with zero attached hydrogens (tertiary/aromatic N) is 2. The molecule has 2 aliphatic rings. The molecule has 0 spiro atoms. The monoisotopic (exact) mass is 465 g/mol. The zero-order chi connectivity index (χ0) is 24.0. The van der Waals surface area contributed by atoms with Crippen LogP contribution >= 0.6 is 0 Å². The smallest absolute Gasteiger partial charge is 0.261 e. The molecule has 7 heteroatoms. The second-order valence-corrected chi connectivity index (χ2v) is 9.66. The van der Waals surface area contributed by atoms with E-state index in [1.807, 2.05) is 13.1 Å². The van der Waals surface area contributed by atoms with Gasteiger partial charge in [-0.1, -0.05) is 24.3 Å². The van der Waals surface area contributed by atoms with E-state index in [1.54, 1.807) is 23.6 Å². The Morgan fingerprint density at radius 1 is 1.15 bits per heavy atom. The lowest BCUT2D eigenvalue weighted by atomic mass is 9.99. The molecule has 178 valence electrons. The van der Waals surface area contributed by atoms with Gasteiger partial charge in [-0.25, -0.2) is 8.78 Å². The maximum absolute atomic E-state index is 14.9. The van der Waals surface area contributed by atoms with Crippen molar-refractivity contribution in [3.8, 4) is 0 Å². The summed E-state index contributed by atoms with van der Waals surface area (Å²) < 4.78 is 30.4. The van der Waals surface area contributed by atoms with Gasteiger partial charge in [-0.2, -0.15) is 0 Å². The van der Waals surface area contributed by atoms with Gasteiger partial charge in [-0.05, 0) is 75.9 Å². The summed E-state index contributed by atoms with van der Waals surface area (Å²) in [6.45, 7) is 3.11. The van der Waals surface area contributed by atoms with Crippen molar-refractivity contribution in [1.29, 1.82) is 0 Å². The van der Waals surface area contributed by atoms with E-state index in [0.29, 0.717) is 28.8 Å². The van der Waals surface area contributed by atoms with Gasteiger partial charge in [0.15, 0.2) is 0 Å². The van der Waals surface area contributed by atoms with Crippen molar-refractivity contribution in [3.63, 3.8) is 0 Å². The molecular formula is C27H29F2N3O2. The number of halogens is 2. The number of carbonyl (C=O) groups excluding carboxylic acids is 1. The van der Waals surface area contributed by atoms with E-state index in [1.165, 1.54) is 24.3 Å². The number of fused-ring (bicyclic) bond motifs is 1. The van der Waals surface area contributed by atoms with Gasteiger partial charge in [0.2, 0.25) is 0 Å². The maximum atomic E-state index is 14.9. The molecule has 1 aromatic heterocycles. The molecule has 1 amide bonds. The van der Waals surface area contributed by atoms with Gasteiger partial charge in [0.05, 0.1) is 17.0 Å². The van der Waals surface area contributed by atoms with E-state index in [0.717, 1.165) is 32.2 Å². The number of likely N-dealkylation sites (N-methyl/N-ethyl adjacent to an activating group) is 1. The normalized spacial score (nSPS) is 19.5. The third-order valence-corrected chi connectivity index (χ3v) is 7.39. The van der Waals surface area contributed by atoms with Crippen molar-refractivity contribution in [2.24, 2.45) is 5.92 Å². The average molecular weight is 466 g/mol. The first-order valence-electron chi connectivity index (χ1n) is 11.9. The van der Waals surface area contributed by atoms with Crippen LogP contribution in [0.4, 0.5) is 8.78 Å². The molecule has 34 heavy (non-hydrogen) atoms. The molecule has 2 atom stereocenters. The van der Waals surface area contributed by atoms with Gasteiger partial charge in [0.25, 0.3) is 11.5 Å². The Morgan fingerprint density at radius 2 is 1.91 bits per heavy atom. The number of benzene rings is 2. The van der Waals surface area contributed by atoms with Gasteiger partial charge in [0.1, 0.15) is 11.6 Å². The number of aromatic nitrogens is 1. The van der Waals surface area contributed by atoms with Crippen LogP contribution in [0.15, 0.2) is 47.3 Å². The van der Waals surface area contributed by atoms with Crippen molar-refractivity contribution >= 4 is 16.7 Å². The fourth-order valence-electron chi connectivity index (χ4n) is 5.31. The molecule has 1 aliphatic heterocycles. The Morgan fingerprint density at radius 3 is 2.59 bits per heavy atom. The largest absolute Gasteiger partial charge is 0.345 e. The molecule has 5 nitrogen and oxygen atoms in total. The zero-order valence-corrected chi connectivity index (χ0v) is 19.5. The number of nitrogens with one attached hydrogen (secondary N) is 1. The van der Waals surface area contributed by atoms with E-state index in [-0.39, 0.29) is 35.1 Å². The fourth-order valence-corrected chi connectivity index (χ4v) is 5.31. The standard InChI is InChI=1S/C27H29F2N3O2/c1-16-23(26(33)30-25(17-11-12-17)18-6-3-7-19(28)14-18)21-9-4-10-22(29)24(21)27(34)32(16)15-20-8-5-13-31(20)2/h3-4,6-7,9-10,14,17,20,25H,5,8,11-13,15H2,1-2H3,(H,30,33)/t20-,25+/m1/s1. The molecule has 2 heterocycles. The van der Waals surface area contributed by atoms with Crippen LogP contribution in [0.5, 0.6) is 0 Å². The quantitative estimate of drug-likeness (QED) is 0.581. The molecule has 1 N–H and O–H groups in total. The first-order chi connectivity index (χ1) is 16.3. The maximum Gasteiger partial charge on any atom is 0.261 e. The number of pyridine rings is 1. The Labute approximate surface area is 197 Å². The first-order valence-corrected chi connectivity index (χ1v) is 11.9. The second-order valence-electron chi connectivity index (χ2n) is 9.66.